The number of hydrogen-bond donors (Lipinski definition) is 2. The zero-order valence-corrected chi connectivity index (χ0v) is 7.77. The van der Waals surface area contributed by atoms with Crippen molar-refractivity contribution in [3.63, 3.8) is 0 Å². The van der Waals surface area contributed by atoms with Crippen LogP contribution in [0.1, 0.15) is 18.1 Å². The first-order valence-corrected chi connectivity index (χ1v) is 4.76. The molecule has 2 heterocycles. The van der Waals surface area contributed by atoms with E-state index in [2.05, 4.69) is 5.32 Å². The average Bonchev–Trinajstić information content (AvgIpc) is 2.75. The van der Waals surface area contributed by atoms with E-state index in [1.165, 1.54) is 6.26 Å². The Balaban J connectivity index is 2.19. The molecule has 1 aliphatic heterocycles. The van der Waals surface area contributed by atoms with Gasteiger partial charge in [-0.1, -0.05) is 0 Å². The van der Waals surface area contributed by atoms with Crippen molar-refractivity contribution in [2.45, 2.75) is 12.3 Å². The molecule has 1 aromatic heterocycles. The second-order valence-electron chi connectivity index (χ2n) is 3.58. The highest BCUT2D eigenvalue weighted by molar-refractivity contribution is 5.75. The van der Waals surface area contributed by atoms with Crippen molar-refractivity contribution in [1.29, 1.82) is 0 Å². The number of carboxylic acid groups (broad SMARTS) is 1. The second-order valence-corrected chi connectivity index (χ2v) is 3.58. The topological polar surface area (TPSA) is 62.5 Å². The van der Waals surface area contributed by atoms with Crippen LogP contribution in [-0.2, 0) is 4.79 Å². The quantitative estimate of drug-likeness (QED) is 0.757. The molecule has 1 fully saturated rings. The first-order chi connectivity index (χ1) is 6.79. The fourth-order valence-electron chi connectivity index (χ4n) is 1.99. The van der Waals surface area contributed by atoms with Crippen LogP contribution in [0.15, 0.2) is 22.8 Å². The number of furan rings is 1. The van der Waals surface area contributed by atoms with E-state index in [0.717, 1.165) is 19.5 Å². The number of nitrogens with one attached hydrogen (secondary N) is 1. The molecular formula is C10H13NO3. The normalized spacial score (nSPS) is 23.6. The lowest BCUT2D eigenvalue weighted by molar-refractivity contribution is -0.140. The molecule has 0 saturated carbocycles. The molecule has 2 N–H and O–H groups in total. The molecule has 1 aromatic rings. The molecule has 76 valence electrons. The van der Waals surface area contributed by atoms with Gasteiger partial charge in [-0.3, -0.25) is 4.79 Å². The van der Waals surface area contributed by atoms with E-state index >= 15 is 0 Å². The van der Waals surface area contributed by atoms with E-state index < -0.39 is 11.9 Å². The van der Waals surface area contributed by atoms with Crippen molar-refractivity contribution < 1.29 is 14.3 Å². The Hall–Kier alpha value is -1.29. The minimum absolute atomic E-state index is 0.152. The van der Waals surface area contributed by atoms with Crippen LogP contribution in [-0.4, -0.2) is 24.2 Å². The Morgan fingerprint density at radius 2 is 2.57 bits per heavy atom. The monoisotopic (exact) mass is 195 g/mol. The molecule has 0 aliphatic carbocycles. The van der Waals surface area contributed by atoms with Crippen molar-refractivity contribution in [2.75, 3.05) is 13.1 Å². The summed E-state index contributed by atoms with van der Waals surface area (Å²) in [6, 6.07) is 3.46. The summed E-state index contributed by atoms with van der Waals surface area (Å²) < 4.78 is 5.16. The average molecular weight is 195 g/mol. The van der Waals surface area contributed by atoms with E-state index in [0.29, 0.717) is 5.76 Å². The van der Waals surface area contributed by atoms with E-state index in [4.69, 9.17) is 9.52 Å². The van der Waals surface area contributed by atoms with Crippen LogP contribution in [0, 0.1) is 5.92 Å². The number of carbonyl (C=O) groups is 1. The van der Waals surface area contributed by atoms with Crippen LogP contribution in [0.3, 0.4) is 0 Å². The molecule has 0 radical (unpaired) electrons. The SMILES string of the molecule is O=C(O)C(c1ccco1)C1CCNC1. The summed E-state index contributed by atoms with van der Waals surface area (Å²) in [7, 11) is 0. The Kier molecular flexibility index (Phi) is 2.54. The Morgan fingerprint density at radius 3 is 3.07 bits per heavy atom. The third-order valence-corrected chi connectivity index (χ3v) is 2.69. The maximum Gasteiger partial charge on any atom is 0.314 e. The summed E-state index contributed by atoms with van der Waals surface area (Å²) in [6.07, 6.45) is 2.42. The molecule has 0 bridgehead atoms. The van der Waals surface area contributed by atoms with Crippen molar-refractivity contribution in [3.05, 3.63) is 24.2 Å². The zero-order valence-electron chi connectivity index (χ0n) is 7.77. The number of carboxylic acids is 1. The fraction of sp³-hybridized carbons (Fsp3) is 0.500. The Labute approximate surface area is 81.9 Å². The van der Waals surface area contributed by atoms with E-state index in [1.54, 1.807) is 12.1 Å². The summed E-state index contributed by atoms with van der Waals surface area (Å²) in [5, 5.41) is 12.3. The van der Waals surface area contributed by atoms with Crippen LogP contribution < -0.4 is 5.32 Å². The van der Waals surface area contributed by atoms with Gasteiger partial charge in [0.15, 0.2) is 0 Å². The third-order valence-electron chi connectivity index (χ3n) is 2.69. The Morgan fingerprint density at radius 1 is 1.71 bits per heavy atom. The van der Waals surface area contributed by atoms with Crippen molar-refractivity contribution in [3.8, 4) is 0 Å². The molecule has 14 heavy (non-hydrogen) atoms. The van der Waals surface area contributed by atoms with Gasteiger partial charge in [0.05, 0.1) is 6.26 Å². The number of hydrogen-bond acceptors (Lipinski definition) is 3. The summed E-state index contributed by atoms with van der Waals surface area (Å²) in [5.74, 6) is -0.585. The van der Waals surface area contributed by atoms with Gasteiger partial charge in [0.1, 0.15) is 11.7 Å². The van der Waals surface area contributed by atoms with Crippen LogP contribution in [0.25, 0.3) is 0 Å². The van der Waals surface area contributed by atoms with Crippen LogP contribution in [0.2, 0.25) is 0 Å². The highest BCUT2D eigenvalue weighted by atomic mass is 16.4. The highest BCUT2D eigenvalue weighted by Gasteiger charge is 2.33. The molecule has 2 unspecified atom stereocenters. The molecule has 2 rings (SSSR count). The largest absolute Gasteiger partial charge is 0.481 e. The minimum Gasteiger partial charge on any atom is -0.481 e. The molecule has 1 saturated heterocycles. The summed E-state index contributed by atoms with van der Waals surface area (Å²) >= 11 is 0. The maximum absolute atomic E-state index is 11.1. The molecule has 2 atom stereocenters. The van der Waals surface area contributed by atoms with Crippen molar-refractivity contribution in [1.82, 2.24) is 5.32 Å². The van der Waals surface area contributed by atoms with E-state index in [9.17, 15) is 4.79 Å². The molecular weight excluding hydrogens is 182 g/mol. The number of aliphatic carboxylic acids is 1. The molecule has 4 nitrogen and oxygen atoms in total. The maximum atomic E-state index is 11.1. The molecule has 1 aliphatic rings. The van der Waals surface area contributed by atoms with Crippen LogP contribution in [0.5, 0.6) is 0 Å². The summed E-state index contributed by atoms with van der Waals surface area (Å²) in [5.41, 5.74) is 0. The lowest BCUT2D eigenvalue weighted by Gasteiger charge is -2.15. The van der Waals surface area contributed by atoms with Crippen LogP contribution >= 0.6 is 0 Å². The molecule has 4 heteroatoms. The summed E-state index contributed by atoms with van der Waals surface area (Å²) in [4.78, 5) is 11.1. The van der Waals surface area contributed by atoms with Gasteiger partial charge in [0.25, 0.3) is 0 Å². The fourth-order valence-corrected chi connectivity index (χ4v) is 1.99. The molecule has 0 aromatic carbocycles. The third kappa shape index (κ3) is 1.65. The van der Waals surface area contributed by atoms with Gasteiger partial charge in [-0.05, 0) is 37.6 Å². The molecule has 0 amide bonds. The summed E-state index contributed by atoms with van der Waals surface area (Å²) in [6.45, 7) is 1.66. The van der Waals surface area contributed by atoms with E-state index in [-0.39, 0.29) is 5.92 Å². The number of rotatable bonds is 3. The van der Waals surface area contributed by atoms with E-state index in [1.807, 2.05) is 0 Å². The van der Waals surface area contributed by atoms with Crippen LogP contribution in [0.4, 0.5) is 0 Å². The first kappa shape index (κ1) is 9.27. The second kappa shape index (κ2) is 3.84. The lowest BCUT2D eigenvalue weighted by atomic mass is 9.89. The molecule has 0 spiro atoms. The highest BCUT2D eigenvalue weighted by Crippen LogP contribution is 2.29. The van der Waals surface area contributed by atoms with Gasteiger partial charge in [0.2, 0.25) is 0 Å². The van der Waals surface area contributed by atoms with Crippen molar-refractivity contribution in [2.24, 2.45) is 5.92 Å². The van der Waals surface area contributed by atoms with Gasteiger partial charge in [-0.25, -0.2) is 0 Å². The zero-order chi connectivity index (χ0) is 9.97. The van der Waals surface area contributed by atoms with Gasteiger partial charge in [-0.15, -0.1) is 0 Å². The first-order valence-electron chi connectivity index (χ1n) is 4.76. The van der Waals surface area contributed by atoms with Crippen molar-refractivity contribution >= 4 is 5.97 Å². The Bertz CT molecular complexity index is 301. The minimum atomic E-state index is -0.798. The predicted molar refractivity (Wildman–Crippen MR) is 50.1 cm³/mol. The van der Waals surface area contributed by atoms with Gasteiger partial charge >= 0.3 is 5.97 Å². The van der Waals surface area contributed by atoms with Gasteiger partial charge in [0, 0.05) is 0 Å². The van der Waals surface area contributed by atoms with Gasteiger partial charge < -0.3 is 14.8 Å². The standard InChI is InChI=1S/C10H13NO3/c12-10(13)9(7-3-4-11-6-7)8-2-1-5-14-8/h1-2,5,7,9,11H,3-4,6H2,(H,12,13). The lowest BCUT2D eigenvalue weighted by Crippen LogP contribution is -2.23. The smallest absolute Gasteiger partial charge is 0.314 e. The predicted octanol–water partition coefficient (Wildman–Crippen LogP) is 1.06. The van der Waals surface area contributed by atoms with Gasteiger partial charge in [-0.2, -0.15) is 0 Å².